The number of nitrogens with zero attached hydrogens (tertiary/aromatic N) is 2. The van der Waals surface area contributed by atoms with Crippen molar-refractivity contribution in [3.8, 4) is 0 Å². The summed E-state index contributed by atoms with van der Waals surface area (Å²) in [4.78, 5) is 3.92. The van der Waals surface area contributed by atoms with Gasteiger partial charge in [0.25, 0.3) is 0 Å². The molecule has 0 N–H and O–H groups in total. The van der Waals surface area contributed by atoms with E-state index in [1.54, 1.807) is 20.0 Å². The van der Waals surface area contributed by atoms with E-state index in [9.17, 15) is 13.2 Å². The quantitative estimate of drug-likeness (QED) is 0.659. The zero-order valence-corrected chi connectivity index (χ0v) is 8.26. The van der Waals surface area contributed by atoms with E-state index in [4.69, 9.17) is 0 Å². The average Bonchev–Trinajstić information content (AvgIpc) is 2.41. The Morgan fingerprint density at radius 1 is 1.27 bits per heavy atom. The van der Waals surface area contributed by atoms with Gasteiger partial charge < -0.3 is 4.40 Å². The number of halogens is 3. The lowest BCUT2D eigenvalue weighted by molar-refractivity contribution is -0.136. The summed E-state index contributed by atoms with van der Waals surface area (Å²) in [7, 11) is 0. The SMILES string of the molecule is Cc1nc2c(C(F)(F)F)cccn2c1C. The maximum Gasteiger partial charge on any atom is 0.419 e. The minimum atomic E-state index is -4.35. The van der Waals surface area contributed by atoms with Crippen molar-refractivity contribution in [3.63, 3.8) is 0 Å². The fourth-order valence-electron chi connectivity index (χ4n) is 1.52. The second-order valence-corrected chi connectivity index (χ2v) is 3.40. The van der Waals surface area contributed by atoms with Crippen LogP contribution < -0.4 is 0 Å². The lowest BCUT2D eigenvalue weighted by atomic mass is 10.2. The molecule has 0 spiro atoms. The third-order valence-electron chi connectivity index (χ3n) is 2.43. The van der Waals surface area contributed by atoms with Crippen LogP contribution in [0.2, 0.25) is 0 Å². The molecular weight excluding hydrogens is 205 g/mol. The summed E-state index contributed by atoms with van der Waals surface area (Å²) >= 11 is 0. The Hall–Kier alpha value is -1.52. The maximum atomic E-state index is 12.6. The molecule has 0 amide bonds. The topological polar surface area (TPSA) is 17.3 Å². The van der Waals surface area contributed by atoms with Crippen molar-refractivity contribution in [2.24, 2.45) is 0 Å². The standard InChI is InChI=1S/C10H9F3N2/c1-6-7(2)15-5-3-4-8(9(15)14-6)10(11,12)13/h3-5H,1-2H3. The van der Waals surface area contributed by atoms with Crippen LogP contribution in [0, 0.1) is 13.8 Å². The molecule has 2 aromatic rings. The predicted octanol–water partition coefficient (Wildman–Crippen LogP) is 2.97. The molecule has 0 unspecified atom stereocenters. The van der Waals surface area contributed by atoms with Gasteiger partial charge in [-0.1, -0.05) is 0 Å². The number of pyridine rings is 1. The van der Waals surface area contributed by atoms with Crippen LogP contribution in [0.1, 0.15) is 17.0 Å². The molecule has 2 nitrogen and oxygen atoms in total. The van der Waals surface area contributed by atoms with Gasteiger partial charge in [-0.15, -0.1) is 0 Å². The number of aromatic nitrogens is 2. The number of aryl methyl sites for hydroxylation is 2. The lowest BCUT2D eigenvalue weighted by Crippen LogP contribution is -2.07. The fraction of sp³-hybridized carbons (Fsp3) is 0.300. The Morgan fingerprint density at radius 2 is 1.93 bits per heavy atom. The van der Waals surface area contributed by atoms with E-state index in [0.717, 1.165) is 11.8 Å². The van der Waals surface area contributed by atoms with Crippen LogP contribution in [0.5, 0.6) is 0 Å². The van der Waals surface area contributed by atoms with Crippen molar-refractivity contribution in [3.05, 3.63) is 35.3 Å². The van der Waals surface area contributed by atoms with Gasteiger partial charge >= 0.3 is 6.18 Å². The first-order chi connectivity index (χ1) is 6.91. The minimum Gasteiger partial charge on any atom is -0.304 e. The van der Waals surface area contributed by atoms with Crippen LogP contribution in [-0.2, 0) is 6.18 Å². The van der Waals surface area contributed by atoms with E-state index in [-0.39, 0.29) is 5.65 Å². The van der Waals surface area contributed by atoms with Crippen molar-refractivity contribution in [1.29, 1.82) is 0 Å². The Morgan fingerprint density at radius 3 is 2.53 bits per heavy atom. The highest BCUT2D eigenvalue weighted by Crippen LogP contribution is 2.32. The van der Waals surface area contributed by atoms with Gasteiger partial charge in [-0.25, -0.2) is 4.98 Å². The first kappa shape index (κ1) is 10.0. The van der Waals surface area contributed by atoms with E-state index >= 15 is 0 Å². The maximum absolute atomic E-state index is 12.6. The molecule has 0 aliphatic heterocycles. The molecule has 0 atom stereocenters. The minimum absolute atomic E-state index is 0.0278. The van der Waals surface area contributed by atoms with Gasteiger partial charge in [0, 0.05) is 11.9 Å². The summed E-state index contributed by atoms with van der Waals surface area (Å²) in [6.45, 7) is 3.44. The van der Waals surface area contributed by atoms with E-state index in [1.165, 1.54) is 10.5 Å². The molecule has 15 heavy (non-hydrogen) atoms. The van der Waals surface area contributed by atoms with Crippen molar-refractivity contribution < 1.29 is 13.2 Å². The largest absolute Gasteiger partial charge is 0.419 e. The second kappa shape index (κ2) is 2.98. The molecule has 0 saturated carbocycles. The van der Waals surface area contributed by atoms with Crippen LogP contribution in [-0.4, -0.2) is 9.38 Å². The van der Waals surface area contributed by atoms with Crippen LogP contribution in [0.15, 0.2) is 18.3 Å². The van der Waals surface area contributed by atoms with Crippen molar-refractivity contribution in [1.82, 2.24) is 9.38 Å². The van der Waals surface area contributed by atoms with Gasteiger partial charge in [0.2, 0.25) is 0 Å². The zero-order valence-electron chi connectivity index (χ0n) is 8.26. The first-order valence-electron chi connectivity index (χ1n) is 4.42. The molecule has 0 aliphatic rings. The molecule has 0 saturated heterocycles. The van der Waals surface area contributed by atoms with Crippen LogP contribution >= 0.6 is 0 Å². The average molecular weight is 214 g/mol. The summed E-state index contributed by atoms with van der Waals surface area (Å²) in [6, 6.07) is 2.42. The number of imidazole rings is 1. The van der Waals surface area contributed by atoms with Gasteiger partial charge in [0.1, 0.15) is 5.65 Å². The van der Waals surface area contributed by atoms with Crippen molar-refractivity contribution in [2.45, 2.75) is 20.0 Å². The molecular formula is C10H9F3N2. The number of alkyl halides is 3. The highest BCUT2D eigenvalue weighted by atomic mass is 19.4. The lowest BCUT2D eigenvalue weighted by Gasteiger charge is -2.07. The van der Waals surface area contributed by atoms with Gasteiger partial charge in [-0.2, -0.15) is 13.2 Å². The number of fused-ring (bicyclic) bond motifs is 1. The van der Waals surface area contributed by atoms with Crippen molar-refractivity contribution >= 4 is 5.65 Å². The Kier molecular flexibility index (Phi) is 1.99. The monoisotopic (exact) mass is 214 g/mol. The molecule has 80 valence electrons. The Balaban J connectivity index is 2.83. The smallest absolute Gasteiger partial charge is 0.304 e. The fourth-order valence-corrected chi connectivity index (χ4v) is 1.52. The molecule has 0 radical (unpaired) electrons. The predicted molar refractivity (Wildman–Crippen MR) is 49.7 cm³/mol. The third-order valence-corrected chi connectivity index (χ3v) is 2.43. The first-order valence-corrected chi connectivity index (χ1v) is 4.42. The summed E-state index contributed by atoms with van der Waals surface area (Å²) in [6.07, 6.45) is -2.77. The van der Waals surface area contributed by atoms with Crippen molar-refractivity contribution in [2.75, 3.05) is 0 Å². The molecule has 5 heteroatoms. The normalized spacial score (nSPS) is 12.3. The molecule has 0 bridgehead atoms. The van der Waals surface area contributed by atoms with Crippen LogP contribution in [0.3, 0.4) is 0 Å². The summed E-state index contributed by atoms with van der Waals surface area (Å²) in [5.41, 5.74) is 0.629. The zero-order chi connectivity index (χ0) is 11.2. The second-order valence-electron chi connectivity index (χ2n) is 3.40. The highest BCUT2D eigenvalue weighted by Gasteiger charge is 2.34. The molecule has 0 fully saturated rings. The number of hydrogen-bond donors (Lipinski definition) is 0. The summed E-state index contributed by atoms with van der Waals surface area (Å²) in [5, 5.41) is 0. The Bertz CT molecular complexity index is 511. The van der Waals surface area contributed by atoms with Crippen LogP contribution in [0.4, 0.5) is 13.2 Å². The van der Waals surface area contributed by atoms with E-state index < -0.39 is 11.7 Å². The summed E-state index contributed by atoms with van der Waals surface area (Å²) < 4.78 is 39.3. The van der Waals surface area contributed by atoms with Gasteiger partial charge in [0.05, 0.1) is 11.3 Å². The molecule has 2 rings (SSSR count). The van der Waals surface area contributed by atoms with Gasteiger partial charge in [-0.3, -0.25) is 0 Å². The number of hydrogen-bond acceptors (Lipinski definition) is 1. The van der Waals surface area contributed by atoms with Crippen LogP contribution in [0.25, 0.3) is 5.65 Å². The molecule has 2 heterocycles. The molecule has 0 aromatic carbocycles. The molecule has 0 aliphatic carbocycles. The highest BCUT2D eigenvalue weighted by molar-refractivity contribution is 5.52. The van der Waals surface area contributed by atoms with Gasteiger partial charge in [0.15, 0.2) is 0 Å². The molecule has 2 aromatic heterocycles. The number of rotatable bonds is 0. The summed E-state index contributed by atoms with van der Waals surface area (Å²) in [5.74, 6) is 0. The van der Waals surface area contributed by atoms with E-state index in [2.05, 4.69) is 4.98 Å². The van der Waals surface area contributed by atoms with E-state index in [1.807, 2.05) is 0 Å². The third kappa shape index (κ3) is 1.48. The Labute approximate surface area is 84.4 Å². The van der Waals surface area contributed by atoms with E-state index in [0.29, 0.717) is 5.69 Å². The van der Waals surface area contributed by atoms with Gasteiger partial charge in [-0.05, 0) is 26.0 Å².